The van der Waals surface area contributed by atoms with E-state index in [1.165, 1.54) is 19.3 Å². The summed E-state index contributed by atoms with van der Waals surface area (Å²) in [5.41, 5.74) is 0. The summed E-state index contributed by atoms with van der Waals surface area (Å²) in [7, 11) is 0. The average Bonchev–Trinajstić information content (AvgIpc) is 2.95. The van der Waals surface area contributed by atoms with Crippen molar-refractivity contribution in [2.45, 2.75) is 45.1 Å². The van der Waals surface area contributed by atoms with Crippen molar-refractivity contribution in [1.82, 2.24) is 20.1 Å². The van der Waals surface area contributed by atoms with Gasteiger partial charge in [0, 0.05) is 12.6 Å². The maximum Gasteiger partial charge on any atom is 0.293 e. The third kappa shape index (κ3) is 1.83. The van der Waals surface area contributed by atoms with E-state index in [1.54, 1.807) is 0 Å². The van der Waals surface area contributed by atoms with E-state index in [0.29, 0.717) is 23.6 Å². The number of aromatic amines is 1. The van der Waals surface area contributed by atoms with Gasteiger partial charge in [-0.1, -0.05) is 6.42 Å². The molecule has 0 radical (unpaired) electrons. The molecular formula is C12H18N4O. The van der Waals surface area contributed by atoms with Crippen molar-refractivity contribution in [2.24, 2.45) is 5.92 Å². The molecule has 2 fully saturated rings. The van der Waals surface area contributed by atoms with Gasteiger partial charge in [-0.2, -0.15) is 0 Å². The molecule has 2 atom stereocenters. The molecule has 2 heterocycles. The first kappa shape index (κ1) is 10.7. The highest BCUT2D eigenvalue weighted by molar-refractivity contribution is 5.90. The number of H-pyrrole nitrogens is 1. The molecule has 1 amide bonds. The zero-order chi connectivity index (χ0) is 11.8. The molecule has 1 N–H and O–H groups in total. The van der Waals surface area contributed by atoms with Crippen molar-refractivity contribution < 1.29 is 4.79 Å². The maximum absolute atomic E-state index is 12.3. The number of likely N-dealkylation sites (tertiary alicyclic amines) is 1. The van der Waals surface area contributed by atoms with Crippen LogP contribution in [-0.4, -0.2) is 38.6 Å². The second-order valence-electron chi connectivity index (χ2n) is 5.14. The topological polar surface area (TPSA) is 61.9 Å². The second-order valence-corrected chi connectivity index (χ2v) is 5.14. The van der Waals surface area contributed by atoms with Crippen LogP contribution in [-0.2, 0) is 0 Å². The van der Waals surface area contributed by atoms with Crippen molar-refractivity contribution in [2.75, 3.05) is 6.54 Å². The smallest absolute Gasteiger partial charge is 0.293 e. The lowest BCUT2D eigenvalue weighted by atomic mass is 9.92. The molecule has 2 aliphatic rings. The van der Waals surface area contributed by atoms with Crippen molar-refractivity contribution in [3.05, 3.63) is 11.6 Å². The van der Waals surface area contributed by atoms with E-state index >= 15 is 0 Å². The first-order valence-corrected chi connectivity index (χ1v) is 6.45. The largest absolute Gasteiger partial charge is 0.333 e. The molecule has 1 saturated carbocycles. The van der Waals surface area contributed by atoms with E-state index in [0.717, 1.165) is 19.4 Å². The Bertz CT molecular complexity index is 428. The molecule has 1 aromatic heterocycles. The van der Waals surface area contributed by atoms with E-state index in [-0.39, 0.29) is 5.91 Å². The fourth-order valence-electron chi connectivity index (χ4n) is 3.27. The molecule has 0 bridgehead atoms. The lowest BCUT2D eigenvalue weighted by Crippen LogP contribution is -2.46. The summed E-state index contributed by atoms with van der Waals surface area (Å²) in [4.78, 5) is 18.5. The number of carbonyl (C=O) groups excluding carboxylic acids is 1. The fraction of sp³-hybridized carbons (Fsp3) is 0.750. The number of aryl methyl sites for hydroxylation is 1. The number of rotatable bonds is 1. The van der Waals surface area contributed by atoms with Crippen LogP contribution in [0.4, 0.5) is 0 Å². The first-order valence-electron chi connectivity index (χ1n) is 6.45. The fourth-order valence-corrected chi connectivity index (χ4v) is 3.27. The maximum atomic E-state index is 12.3. The Labute approximate surface area is 101 Å². The molecule has 5 heteroatoms. The summed E-state index contributed by atoms with van der Waals surface area (Å²) >= 11 is 0. The molecule has 3 rings (SSSR count). The monoisotopic (exact) mass is 234 g/mol. The third-order valence-electron chi connectivity index (χ3n) is 4.04. The number of nitrogens with zero attached hydrogens (tertiary/aromatic N) is 3. The van der Waals surface area contributed by atoms with Crippen molar-refractivity contribution in [1.29, 1.82) is 0 Å². The Kier molecular flexibility index (Phi) is 2.61. The van der Waals surface area contributed by atoms with Gasteiger partial charge in [0.25, 0.3) is 5.91 Å². The van der Waals surface area contributed by atoms with Gasteiger partial charge in [-0.3, -0.25) is 9.89 Å². The van der Waals surface area contributed by atoms with E-state index < -0.39 is 0 Å². The average molecular weight is 234 g/mol. The van der Waals surface area contributed by atoms with E-state index in [1.807, 2.05) is 11.8 Å². The number of nitrogens with one attached hydrogen (secondary N) is 1. The number of amides is 1. The summed E-state index contributed by atoms with van der Waals surface area (Å²) < 4.78 is 0. The minimum absolute atomic E-state index is 0.00551. The molecule has 1 saturated heterocycles. The van der Waals surface area contributed by atoms with Gasteiger partial charge in [-0.15, -0.1) is 5.10 Å². The second kappa shape index (κ2) is 4.13. The van der Waals surface area contributed by atoms with Crippen molar-refractivity contribution >= 4 is 5.91 Å². The molecule has 1 aliphatic carbocycles. The molecule has 2 unspecified atom stereocenters. The summed E-state index contributed by atoms with van der Waals surface area (Å²) in [5, 5.41) is 6.72. The molecule has 0 aromatic carbocycles. The Balaban J connectivity index is 1.81. The summed E-state index contributed by atoms with van der Waals surface area (Å²) in [6, 6.07) is 0.440. The van der Waals surface area contributed by atoms with Crippen LogP contribution in [0.15, 0.2) is 0 Å². The van der Waals surface area contributed by atoms with Gasteiger partial charge in [0.1, 0.15) is 5.82 Å². The number of carbonyl (C=O) groups is 1. The van der Waals surface area contributed by atoms with Gasteiger partial charge >= 0.3 is 0 Å². The minimum atomic E-state index is 0.00551. The normalized spacial score (nSPS) is 28.2. The molecule has 1 aromatic rings. The highest BCUT2D eigenvalue weighted by Gasteiger charge is 2.38. The molecule has 17 heavy (non-hydrogen) atoms. The molecule has 0 spiro atoms. The Hall–Kier alpha value is -1.39. The van der Waals surface area contributed by atoms with Crippen LogP contribution in [0, 0.1) is 12.8 Å². The highest BCUT2D eigenvalue weighted by atomic mass is 16.2. The number of hydrogen-bond acceptors (Lipinski definition) is 3. The molecular weight excluding hydrogens is 216 g/mol. The van der Waals surface area contributed by atoms with Gasteiger partial charge < -0.3 is 4.90 Å². The van der Waals surface area contributed by atoms with Crippen LogP contribution >= 0.6 is 0 Å². The van der Waals surface area contributed by atoms with Gasteiger partial charge in [-0.25, -0.2) is 4.98 Å². The van der Waals surface area contributed by atoms with E-state index in [4.69, 9.17) is 0 Å². The van der Waals surface area contributed by atoms with Gasteiger partial charge in [0.05, 0.1) is 0 Å². The lowest BCUT2D eigenvalue weighted by molar-refractivity contribution is 0.0536. The molecule has 5 nitrogen and oxygen atoms in total. The van der Waals surface area contributed by atoms with Crippen molar-refractivity contribution in [3.8, 4) is 0 Å². The van der Waals surface area contributed by atoms with Crippen LogP contribution < -0.4 is 0 Å². The van der Waals surface area contributed by atoms with Crippen LogP contribution in [0.5, 0.6) is 0 Å². The van der Waals surface area contributed by atoms with Gasteiger partial charge in [-0.05, 0) is 38.5 Å². The van der Waals surface area contributed by atoms with Crippen LogP contribution in [0.25, 0.3) is 0 Å². The summed E-state index contributed by atoms with van der Waals surface area (Å²) in [6.07, 6.45) is 6.09. The van der Waals surface area contributed by atoms with Crippen LogP contribution in [0.1, 0.15) is 48.5 Å². The number of piperidine rings is 1. The zero-order valence-electron chi connectivity index (χ0n) is 10.1. The minimum Gasteiger partial charge on any atom is -0.333 e. The number of hydrogen-bond donors (Lipinski definition) is 1. The quantitative estimate of drug-likeness (QED) is 0.801. The van der Waals surface area contributed by atoms with E-state index in [2.05, 4.69) is 15.2 Å². The van der Waals surface area contributed by atoms with Gasteiger partial charge in [0.15, 0.2) is 0 Å². The van der Waals surface area contributed by atoms with E-state index in [9.17, 15) is 4.79 Å². The first-order chi connectivity index (χ1) is 8.25. The van der Waals surface area contributed by atoms with Gasteiger partial charge in [0.2, 0.25) is 5.82 Å². The lowest BCUT2D eigenvalue weighted by Gasteiger charge is -2.37. The predicted octanol–water partition coefficient (Wildman–Crippen LogP) is 1.52. The zero-order valence-corrected chi connectivity index (χ0v) is 10.1. The van der Waals surface area contributed by atoms with Crippen molar-refractivity contribution in [3.63, 3.8) is 0 Å². The number of aromatic nitrogens is 3. The summed E-state index contributed by atoms with van der Waals surface area (Å²) in [5.74, 6) is 1.75. The standard InChI is InChI=1S/C12H18N4O/c1-8-13-11(15-14-8)12(17)16-7-3-5-9-4-2-6-10(9)16/h9-10H,2-7H2,1H3,(H,13,14,15). The SMILES string of the molecule is Cc1nc(C(=O)N2CCCC3CCCC32)n[nH]1. The Morgan fingerprint density at radius 1 is 1.35 bits per heavy atom. The number of fused-ring (bicyclic) bond motifs is 1. The highest BCUT2D eigenvalue weighted by Crippen LogP contribution is 2.37. The molecule has 92 valence electrons. The van der Waals surface area contributed by atoms with Crippen LogP contribution in [0.2, 0.25) is 0 Å². The Morgan fingerprint density at radius 2 is 2.18 bits per heavy atom. The Morgan fingerprint density at radius 3 is 2.94 bits per heavy atom. The summed E-state index contributed by atoms with van der Waals surface area (Å²) in [6.45, 7) is 2.69. The molecule has 1 aliphatic heterocycles. The predicted molar refractivity (Wildman–Crippen MR) is 62.5 cm³/mol. The third-order valence-corrected chi connectivity index (χ3v) is 4.04. The van der Waals surface area contributed by atoms with Crippen LogP contribution in [0.3, 0.4) is 0 Å².